The van der Waals surface area contributed by atoms with E-state index in [2.05, 4.69) is 5.32 Å². The van der Waals surface area contributed by atoms with Crippen LogP contribution in [0.4, 0.5) is 5.69 Å². The van der Waals surface area contributed by atoms with Crippen LogP contribution in [0.2, 0.25) is 0 Å². The molecular weight excluding hydrogens is 538 g/mol. The molecule has 3 aromatic rings. The van der Waals surface area contributed by atoms with Crippen LogP contribution in [0.25, 0.3) is 0 Å². The van der Waals surface area contributed by atoms with Crippen molar-refractivity contribution in [1.82, 2.24) is 9.21 Å². The standard InChI is InChI=1S/C28H35N3O6S2/c1-5-15-31(39(34,35)25-11-9-23(10-12-25)29-21(2)32)20-28(33)30(19-24-7-6-17-38-24)16-14-22-8-13-26(36-3)27(18-22)37-4/h6-13,17-18H,5,14-16,19-20H2,1-4H3,(H,29,32). The van der Waals surface area contributed by atoms with E-state index in [0.29, 0.717) is 43.1 Å². The third kappa shape index (κ3) is 8.29. The third-order valence-corrected chi connectivity index (χ3v) is 8.72. The predicted octanol–water partition coefficient (Wildman–Crippen LogP) is 4.40. The summed E-state index contributed by atoms with van der Waals surface area (Å²) in [5.41, 5.74) is 1.46. The van der Waals surface area contributed by atoms with Crippen molar-refractivity contribution in [3.63, 3.8) is 0 Å². The molecule has 2 amide bonds. The number of thiophene rings is 1. The molecule has 39 heavy (non-hydrogen) atoms. The molecule has 2 aromatic carbocycles. The molecule has 0 aliphatic carbocycles. The number of anilines is 1. The van der Waals surface area contributed by atoms with Gasteiger partial charge in [0.2, 0.25) is 21.8 Å². The first-order valence-corrected chi connectivity index (χ1v) is 14.9. The number of hydrogen-bond acceptors (Lipinski definition) is 7. The Morgan fingerprint density at radius 1 is 0.974 bits per heavy atom. The van der Waals surface area contributed by atoms with Gasteiger partial charge in [-0.05, 0) is 66.2 Å². The largest absolute Gasteiger partial charge is 0.493 e. The van der Waals surface area contributed by atoms with Gasteiger partial charge in [0, 0.05) is 30.6 Å². The first-order chi connectivity index (χ1) is 18.7. The van der Waals surface area contributed by atoms with Crippen LogP contribution in [0.1, 0.15) is 30.7 Å². The molecule has 0 fully saturated rings. The summed E-state index contributed by atoms with van der Waals surface area (Å²) in [6, 6.07) is 15.5. The van der Waals surface area contributed by atoms with Crippen molar-refractivity contribution in [3.8, 4) is 11.5 Å². The number of hydrogen-bond donors (Lipinski definition) is 1. The molecule has 0 aliphatic heterocycles. The number of methoxy groups -OCH3 is 2. The van der Waals surface area contributed by atoms with Crippen LogP contribution < -0.4 is 14.8 Å². The lowest BCUT2D eigenvalue weighted by Gasteiger charge is -2.27. The van der Waals surface area contributed by atoms with E-state index in [1.165, 1.54) is 35.5 Å². The van der Waals surface area contributed by atoms with Crippen molar-refractivity contribution in [1.29, 1.82) is 0 Å². The molecule has 1 heterocycles. The molecular formula is C28H35N3O6S2. The Hall–Kier alpha value is -3.41. The minimum Gasteiger partial charge on any atom is -0.493 e. The van der Waals surface area contributed by atoms with Crippen LogP contribution in [0.5, 0.6) is 11.5 Å². The summed E-state index contributed by atoms with van der Waals surface area (Å²) >= 11 is 1.55. The van der Waals surface area contributed by atoms with E-state index in [1.807, 2.05) is 42.6 Å². The van der Waals surface area contributed by atoms with E-state index < -0.39 is 10.0 Å². The van der Waals surface area contributed by atoms with Gasteiger partial charge in [-0.1, -0.05) is 19.1 Å². The summed E-state index contributed by atoms with van der Waals surface area (Å²) in [5.74, 6) is 0.702. The van der Waals surface area contributed by atoms with Gasteiger partial charge < -0.3 is 19.7 Å². The summed E-state index contributed by atoms with van der Waals surface area (Å²) in [6.07, 6.45) is 1.11. The van der Waals surface area contributed by atoms with Gasteiger partial charge in [-0.25, -0.2) is 8.42 Å². The van der Waals surface area contributed by atoms with Crippen molar-refractivity contribution >= 4 is 38.9 Å². The minimum atomic E-state index is -3.94. The molecule has 1 aromatic heterocycles. The van der Waals surface area contributed by atoms with Crippen molar-refractivity contribution in [3.05, 3.63) is 70.4 Å². The number of rotatable bonds is 14. The van der Waals surface area contributed by atoms with Crippen LogP contribution in [0.3, 0.4) is 0 Å². The van der Waals surface area contributed by atoms with E-state index in [0.717, 1.165) is 10.4 Å². The number of nitrogens with one attached hydrogen (secondary N) is 1. The molecule has 9 nitrogen and oxygen atoms in total. The van der Waals surface area contributed by atoms with Gasteiger partial charge in [0.1, 0.15) is 0 Å². The van der Waals surface area contributed by atoms with E-state index in [9.17, 15) is 18.0 Å². The van der Waals surface area contributed by atoms with Crippen LogP contribution >= 0.6 is 11.3 Å². The van der Waals surface area contributed by atoms with Crippen LogP contribution in [0, 0.1) is 0 Å². The predicted molar refractivity (Wildman–Crippen MR) is 153 cm³/mol. The van der Waals surface area contributed by atoms with Crippen molar-refractivity contribution < 1.29 is 27.5 Å². The number of benzene rings is 2. The maximum atomic E-state index is 13.6. The Bertz CT molecular complexity index is 1340. The molecule has 3 rings (SSSR count). The topological polar surface area (TPSA) is 105 Å². The number of nitrogens with zero attached hydrogens (tertiary/aromatic N) is 2. The Morgan fingerprint density at radius 2 is 1.69 bits per heavy atom. The number of carbonyl (C=O) groups excluding carboxylic acids is 2. The first kappa shape index (κ1) is 30.1. The van der Waals surface area contributed by atoms with Crippen LogP contribution in [0.15, 0.2) is 64.9 Å². The molecule has 0 radical (unpaired) electrons. The maximum Gasteiger partial charge on any atom is 0.243 e. The average molecular weight is 574 g/mol. The molecule has 0 spiro atoms. The smallest absolute Gasteiger partial charge is 0.243 e. The Kier molecular flexibility index (Phi) is 10.9. The second kappa shape index (κ2) is 14.1. The van der Waals surface area contributed by atoms with Gasteiger partial charge in [-0.3, -0.25) is 9.59 Å². The summed E-state index contributed by atoms with van der Waals surface area (Å²) in [5, 5.41) is 4.57. The molecule has 0 bridgehead atoms. The lowest BCUT2D eigenvalue weighted by molar-refractivity contribution is -0.132. The fourth-order valence-corrected chi connectivity index (χ4v) is 6.23. The van der Waals surface area contributed by atoms with Gasteiger partial charge in [0.15, 0.2) is 11.5 Å². The zero-order valence-electron chi connectivity index (χ0n) is 22.7. The second-order valence-corrected chi connectivity index (χ2v) is 11.8. The van der Waals surface area contributed by atoms with Gasteiger partial charge in [-0.2, -0.15) is 4.31 Å². The van der Waals surface area contributed by atoms with E-state index in [4.69, 9.17) is 9.47 Å². The summed E-state index contributed by atoms with van der Waals surface area (Å²) in [4.78, 5) is 27.7. The van der Waals surface area contributed by atoms with Gasteiger partial charge in [0.05, 0.1) is 32.2 Å². The maximum absolute atomic E-state index is 13.6. The highest BCUT2D eigenvalue weighted by Gasteiger charge is 2.28. The summed E-state index contributed by atoms with van der Waals surface area (Å²) in [6.45, 7) is 3.96. The first-order valence-electron chi connectivity index (χ1n) is 12.6. The molecule has 0 unspecified atom stereocenters. The van der Waals surface area contributed by atoms with Crippen molar-refractivity contribution in [2.45, 2.75) is 38.1 Å². The lowest BCUT2D eigenvalue weighted by Crippen LogP contribution is -2.43. The van der Waals surface area contributed by atoms with Crippen molar-refractivity contribution in [2.75, 3.05) is 39.2 Å². The second-order valence-electron chi connectivity index (χ2n) is 8.88. The number of sulfonamides is 1. The fourth-order valence-electron chi connectivity index (χ4n) is 4.03. The number of carbonyl (C=O) groups is 2. The zero-order chi connectivity index (χ0) is 28.4. The SMILES string of the molecule is CCCN(CC(=O)N(CCc1ccc(OC)c(OC)c1)Cc1cccs1)S(=O)(=O)c1ccc(NC(C)=O)cc1. The molecule has 11 heteroatoms. The number of amides is 2. The molecule has 0 aliphatic rings. The average Bonchev–Trinajstić information content (AvgIpc) is 3.43. The Morgan fingerprint density at radius 3 is 2.28 bits per heavy atom. The monoisotopic (exact) mass is 573 g/mol. The molecule has 1 N–H and O–H groups in total. The highest BCUT2D eigenvalue weighted by Crippen LogP contribution is 2.28. The van der Waals surface area contributed by atoms with E-state index in [-0.39, 0.29) is 29.8 Å². The van der Waals surface area contributed by atoms with Gasteiger partial charge in [-0.15, -0.1) is 11.3 Å². The molecule has 0 saturated carbocycles. The Labute approximate surface area is 234 Å². The summed E-state index contributed by atoms with van der Waals surface area (Å²) < 4.78 is 38.9. The summed E-state index contributed by atoms with van der Waals surface area (Å²) in [7, 11) is -0.788. The quantitative estimate of drug-likeness (QED) is 0.307. The van der Waals surface area contributed by atoms with Crippen molar-refractivity contribution in [2.24, 2.45) is 0 Å². The normalized spacial score (nSPS) is 11.3. The van der Waals surface area contributed by atoms with E-state index in [1.54, 1.807) is 30.5 Å². The van der Waals surface area contributed by atoms with Crippen LogP contribution in [-0.2, 0) is 32.6 Å². The minimum absolute atomic E-state index is 0.0630. The van der Waals surface area contributed by atoms with Gasteiger partial charge >= 0.3 is 0 Å². The third-order valence-electron chi connectivity index (χ3n) is 5.99. The van der Waals surface area contributed by atoms with E-state index >= 15 is 0 Å². The molecule has 0 atom stereocenters. The highest BCUT2D eigenvalue weighted by molar-refractivity contribution is 7.89. The number of ether oxygens (including phenoxy) is 2. The Balaban J connectivity index is 1.80. The highest BCUT2D eigenvalue weighted by atomic mass is 32.2. The zero-order valence-corrected chi connectivity index (χ0v) is 24.3. The van der Waals surface area contributed by atoms with Crippen LogP contribution in [-0.4, -0.2) is 63.3 Å². The molecule has 0 saturated heterocycles. The van der Waals surface area contributed by atoms with Gasteiger partial charge in [0.25, 0.3) is 0 Å². The molecule has 210 valence electrons. The fraction of sp³-hybridized carbons (Fsp3) is 0.357. The lowest BCUT2D eigenvalue weighted by atomic mass is 10.1.